The number of hydrogen-bond acceptors (Lipinski definition) is 5. The quantitative estimate of drug-likeness (QED) is 0.580. The Bertz CT molecular complexity index is 378. The summed E-state index contributed by atoms with van der Waals surface area (Å²) in [6.07, 6.45) is 1.51. The molecule has 0 aliphatic carbocycles. The smallest absolute Gasteiger partial charge is 0.255 e. The number of pyridine rings is 1. The van der Waals surface area contributed by atoms with Crippen LogP contribution in [0.1, 0.15) is 24.2 Å². The average molecular weight is 252 g/mol. The topological polar surface area (TPSA) is 80.5 Å². The predicted octanol–water partition coefficient (Wildman–Crippen LogP) is 0.864. The van der Waals surface area contributed by atoms with Crippen LogP contribution in [0.4, 0.5) is 5.82 Å². The number of amides is 1. The fourth-order valence-electron chi connectivity index (χ4n) is 1.56. The summed E-state index contributed by atoms with van der Waals surface area (Å²) in [4.78, 5) is 18.0. The third-order valence-electron chi connectivity index (χ3n) is 2.58. The van der Waals surface area contributed by atoms with Gasteiger partial charge in [0, 0.05) is 25.9 Å². The van der Waals surface area contributed by atoms with Crippen LogP contribution in [0.2, 0.25) is 0 Å². The van der Waals surface area contributed by atoms with E-state index in [9.17, 15) is 4.79 Å². The third kappa shape index (κ3) is 3.68. The Hall–Kier alpha value is -1.66. The van der Waals surface area contributed by atoms with Crippen molar-refractivity contribution in [3.05, 3.63) is 23.9 Å². The van der Waals surface area contributed by atoms with Crippen molar-refractivity contribution in [2.45, 2.75) is 19.9 Å². The Morgan fingerprint density at radius 1 is 1.56 bits per heavy atom. The predicted molar refractivity (Wildman–Crippen MR) is 70.1 cm³/mol. The summed E-state index contributed by atoms with van der Waals surface area (Å²) < 4.78 is 5.01. The van der Waals surface area contributed by atoms with Gasteiger partial charge in [-0.25, -0.2) is 10.8 Å². The van der Waals surface area contributed by atoms with E-state index in [1.54, 1.807) is 24.1 Å². The molecule has 1 aromatic heterocycles. The van der Waals surface area contributed by atoms with Crippen molar-refractivity contribution in [1.29, 1.82) is 0 Å². The molecule has 0 saturated heterocycles. The van der Waals surface area contributed by atoms with Crippen molar-refractivity contribution >= 4 is 11.7 Å². The summed E-state index contributed by atoms with van der Waals surface area (Å²) in [6.45, 7) is 5.01. The molecule has 0 atom stereocenters. The van der Waals surface area contributed by atoms with Gasteiger partial charge in [-0.1, -0.05) is 0 Å². The number of nitrogens with zero attached hydrogens (tertiary/aromatic N) is 2. The molecule has 6 heteroatoms. The van der Waals surface area contributed by atoms with Gasteiger partial charge in [-0.3, -0.25) is 4.79 Å². The highest BCUT2D eigenvalue weighted by Gasteiger charge is 2.18. The molecule has 0 spiro atoms. The Labute approximate surface area is 107 Å². The second kappa shape index (κ2) is 6.93. The molecule has 6 nitrogen and oxygen atoms in total. The first-order valence-electron chi connectivity index (χ1n) is 5.82. The normalized spacial score (nSPS) is 10.5. The molecular formula is C12H20N4O2. The number of aromatic nitrogens is 1. The van der Waals surface area contributed by atoms with Crippen molar-refractivity contribution in [3.8, 4) is 0 Å². The van der Waals surface area contributed by atoms with Crippen LogP contribution < -0.4 is 11.3 Å². The van der Waals surface area contributed by atoms with Gasteiger partial charge in [-0.15, -0.1) is 0 Å². The Morgan fingerprint density at radius 2 is 2.28 bits per heavy atom. The van der Waals surface area contributed by atoms with Gasteiger partial charge in [0.25, 0.3) is 5.91 Å². The zero-order valence-corrected chi connectivity index (χ0v) is 11.0. The van der Waals surface area contributed by atoms with Crippen LogP contribution in [0.15, 0.2) is 18.3 Å². The first-order valence-corrected chi connectivity index (χ1v) is 5.82. The van der Waals surface area contributed by atoms with Crippen molar-refractivity contribution in [2.75, 3.05) is 25.7 Å². The molecule has 0 bridgehead atoms. The number of hydrogen-bond donors (Lipinski definition) is 2. The van der Waals surface area contributed by atoms with E-state index in [0.717, 1.165) is 0 Å². The lowest BCUT2D eigenvalue weighted by Crippen LogP contribution is -2.39. The van der Waals surface area contributed by atoms with E-state index < -0.39 is 0 Å². The highest BCUT2D eigenvalue weighted by Crippen LogP contribution is 2.09. The van der Waals surface area contributed by atoms with Crippen LogP contribution >= 0.6 is 0 Å². The first-order chi connectivity index (χ1) is 8.60. The molecule has 1 heterocycles. The van der Waals surface area contributed by atoms with E-state index in [1.807, 2.05) is 13.8 Å². The van der Waals surface area contributed by atoms with Crippen LogP contribution in [-0.4, -0.2) is 42.1 Å². The number of nitrogens with two attached hydrogens (primary N) is 1. The summed E-state index contributed by atoms with van der Waals surface area (Å²) in [5, 5.41) is 0. The van der Waals surface area contributed by atoms with Crippen molar-refractivity contribution < 1.29 is 9.53 Å². The molecule has 0 aromatic carbocycles. The molecule has 3 N–H and O–H groups in total. The molecule has 18 heavy (non-hydrogen) atoms. The molecule has 0 unspecified atom stereocenters. The number of carbonyl (C=O) groups excluding carboxylic acids is 1. The van der Waals surface area contributed by atoms with Crippen molar-refractivity contribution in [3.63, 3.8) is 0 Å². The van der Waals surface area contributed by atoms with E-state index >= 15 is 0 Å². The Morgan fingerprint density at radius 3 is 2.72 bits per heavy atom. The molecule has 0 aliphatic heterocycles. The van der Waals surface area contributed by atoms with Crippen LogP contribution in [-0.2, 0) is 4.74 Å². The van der Waals surface area contributed by atoms with Gasteiger partial charge >= 0.3 is 0 Å². The van der Waals surface area contributed by atoms with Gasteiger partial charge in [-0.2, -0.15) is 0 Å². The van der Waals surface area contributed by atoms with Gasteiger partial charge in [0.05, 0.1) is 12.2 Å². The number of anilines is 1. The monoisotopic (exact) mass is 252 g/mol. The lowest BCUT2D eigenvalue weighted by atomic mass is 10.2. The van der Waals surface area contributed by atoms with Crippen LogP contribution in [0.5, 0.6) is 0 Å². The van der Waals surface area contributed by atoms with E-state index in [-0.39, 0.29) is 11.9 Å². The van der Waals surface area contributed by atoms with Gasteiger partial charge in [0.15, 0.2) is 0 Å². The zero-order valence-electron chi connectivity index (χ0n) is 11.0. The standard InChI is InChI=1S/C12H20N4O2/c1-9(2)16(6-7-18-3)12(17)10-4-5-11(15-13)14-8-10/h4-5,8-9H,6-7,13H2,1-3H3,(H,14,15). The lowest BCUT2D eigenvalue weighted by Gasteiger charge is -2.26. The first kappa shape index (κ1) is 14.4. The molecule has 0 saturated carbocycles. The minimum absolute atomic E-state index is 0.0573. The van der Waals surface area contributed by atoms with Gasteiger partial charge in [0.2, 0.25) is 0 Å². The van der Waals surface area contributed by atoms with E-state index in [0.29, 0.717) is 24.5 Å². The lowest BCUT2D eigenvalue weighted by molar-refractivity contribution is 0.0634. The number of nitrogen functional groups attached to an aromatic ring is 1. The molecule has 0 aliphatic rings. The number of methoxy groups -OCH3 is 1. The summed E-state index contributed by atoms with van der Waals surface area (Å²) in [5.74, 6) is 5.70. The fourth-order valence-corrected chi connectivity index (χ4v) is 1.56. The van der Waals surface area contributed by atoms with Crippen LogP contribution in [0.25, 0.3) is 0 Å². The molecule has 1 rings (SSSR count). The minimum Gasteiger partial charge on any atom is -0.383 e. The Kier molecular flexibility index (Phi) is 5.54. The number of nitrogens with one attached hydrogen (secondary N) is 1. The maximum absolute atomic E-state index is 12.3. The number of ether oxygens (including phenoxy) is 1. The van der Waals surface area contributed by atoms with E-state index in [4.69, 9.17) is 10.6 Å². The Balaban J connectivity index is 2.80. The highest BCUT2D eigenvalue weighted by molar-refractivity contribution is 5.94. The van der Waals surface area contributed by atoms with Crippen molar-refractivity contribution in [1.82, 2.24) is 9.88 Å². The maximum Gasteiger partial charge on any atom is 0.255 e. The largest absolute Gasteiger partial charge is 0.383 e. The van der Waals surface area contributed by atoms with Gasteiger partial charge < -0.3 is 15.1 Å². The second-order valence-electron chi connectivity index (χ2n) is 4.16. The van der Waals surface area contributed by atoms with Crippen LogP contribution in [0.3, 0.4) is 0 Å². The minimum atomic E-state index is -0.0573. The zero-order chi connectivity index (χ0) is 13.5. The average Bonchev–Trinajstić information content (AvgIpc) is 2.38. The molecule has 100 valence electrons. The number of carbonyl (C=O) groups is 1. The summed E-state index contributed by atoms with van der Waals surface area (Å²) in [6, 6.07) is 3.48. The van der Waals surface area contributed by atoms with Gasteiger partial charge in [-0.05, 0) is 26.0 Å². The highest BCUT2D eigenvalue weighted by atomic mass is 16.5. The van der Waals surface area contributed by atoms with Crippen molar-refractivity contribution in [2.24, 2.45) is 5.84 Å². The molecule has 1 aromatic rings. The van der Waals surface area contributed by atoms with Crippen LogP contribution in [0, 0.1) is 0 Å². The number of rotatable bonds is 6. The second-order valence-corrected chi connectivity index (χ2v) is 4.16. The van der Waals surface area contributed by atoms with Gasteiger partial charge in [0.1, 0.15) is 5.82 Å². The SMILES string of the molecule is COCCN(C(=O)c1ccc(NN)nc1)C(C)C. The van der Waals surface area contributed by atoms with E-state index in [2.05, 4.69) is 10.4 Å². The third-order valence-corrected chi connectivity index (χ3v) is 2.58. The number of hydrazine groups is 1. The summed E-state index contributed by atoms with van der Waals surface area (Å²) in [5.41, 5.74) is 2.96. The molecular weight excluding hydrogens is 232 g/mol. The summed E-state index contributed by atoms with van der Waals surface area (Å²) in [7, 11) is 1.62. The summed E-state index contributed by atoms with van der Waals surface area (Å²) >= 11 is 0. The maximum atomic E-state index is 12.3. The van der Waals surface area contributed by atoms with E-state index in [1.165, 1.54) is 6.20 Å². The molecule has 0 fully saturated rings. The molecule has 1 amide bonds. The molecule has 0 radical (unpaired) electrons. The fraction of sp³-hybridized carbons (Fsp3) is 0.500.